The van der Waals surface area contributed by atoms with Crippen molar-refractivity contribution in [3.63, 3.8) is 0 Å². The minimum atomic E-state index is 0.0586. The zero-order valence-corrected chi connectivity index (χ0v) is 11.5. The van der Waals surface area contributed by atoms with Crippen molar-refractivity contribution in [3.8, 4) is 11.8 Å². The summed E-state index contributed by atoms with van der Waals surface area (Å²) in [5, 5.41) is 3.43. The van der Waals surface area contributed by atoms with E-state index in [0.29, 0.717) is 17.3 Å². The molecule has 100 valence electrons. The fraction of sp³-hybridized carbons (Fsp3) is 0.400. The van der Waals surface area contributed by atoms with Crippen LogP contribution in [0.25, 0.3) is 0 Å². The normalized spacial score (nSPS) is 14.8. The fourth-order valence-corrected chi connectivity index (χ4v) is 2.44. The number of rotatable bonds is 2. The highest BCUT2D eigenvalue weighted by molar-refractivity contribution is 6.33. The molecule has 1 fully saturated rings. The zero-order chi connectivity index (χ0) is 13.7. The average molecular weight is 277 g/mol. The lowest BCUT2D eigenvalue weighted by molar-refractivity contribution is -0.119. The third-order valence-corrected chi connectivity index (χ3v) is 3.61. The minimum absolute atomic E-state index is 0.0586. The maximum absolute atomic E-state index is 12.1. The molecular formula is C15H17ClN2O. The van der Waals surface area contributed by atoms with Gasteiger partial charge in [-0.25, -0.2) is 0 Å². The quantitative estimate of drug-likeness (QED) is 0.816. The summed E-state index contributed by atoms with van der Waals surface area (Å²) in [4.78, 5) is 12.1. The smallest absolute Gasteiger partial charge is 0.227 e. The SMILES string of the molecule is NCC#Cc1ccc(Cl)c(NC(=O)C2CCCC2)c1. The van der Waals surface area contributed by atoms with E-state index in [4.69, 9.17) is 17.3 Å². The van der Waals surface area contributed by atoms with Crippen LogP contribution in [0.2, 0.25) is 5.02 Å². The molecule has 1 aromatic rings. The van der Waals surface area contributed by atoms with Gasteiger partial charge in [0.2, 0.25) is 5.91 Å². The van der Waals surface area contributed by atoms with Crippen molar-refractivity contribution in [1.29, 1.82) is 0 Å². The third kappa shape index (κ3) is 3.73. The van der Waals surface area contributed by atoms with E-state index in [1.165, 1.54) is 0 Å². The van der Waals surface area contributed by atoms with Crippen LogP contribution in [0.4, 0.5) is 5.69 Å². The molecule has 2 rings (SSSR count). The highest BCUT2D eigenvalue weighted by Gasteiger charge is 2.23. The lowest BCUT2D eigenvalue weighted by Gasteiger charge is -2.11. The number of nitrogens with two attached hydrogens (primary N) is 1. The molecule has 0 bridgehead atoms. The predicted molar refractivity (Wildman–Crippen MR) is 78.0 cm³/mol. The molecule has 0 spiro atoms. The summed E-state index contributed by atoms with van der Waals surface area (Å²) in [5.41, 5.74) is 6.77. The lowest BCUT2D eigenvalue weighted by Crippen LogP contribution is -2.20. The van der Waals surface area contributed by atoms with Gasteiger partial charge in [0, 0.05) is 11.5 Å². The van der Waals surface area contributed by atoms with Gasteiger partial charge in [-0.05, 0) is 31.0 Å². The largest absolute Gasteiger partial charge is 0.324 e. The first kappa shape index (κ1) is 13.9. The Kier molecular flexibility index (Phi) is 4.84. The summed E-state index contributed by atoms with van der Waals surface area (Å²) in [5.74, 6) is 5.89. The maximum Gasteiger partial charge on any atom is 0.227 e. The summed E-state index contributed by atoms with van der Waals surface area (Å²) in [6.07, 6.45) is 4.20. The highest BCUT2D eigenvalue weighted by atomic mass is 35.5. The van der Waals surface area contributed by atoms with Crippen LogP contribution >= 0.6 is 11.6 Å². The number of carbonyl (C=O) groups is 1. The van der Waals surface area contributed by atoms with Gasteiger partial charge >= 0.3 is 0 Å². The van der Waals surface area contributed by atoms with Crippen molar-refractivity contribution >= 4 is 23.2 Å². The number of benzene rings is 1. The minimum Gasteiger partial charge on any atom is -0.324 e. The molecule has 1 aliphatic carbocycles. The van der Waals surface area contributed by atoms with Gasteiger partial charge in [-0.15, -0.1) is 0 Å². The second-order valence-corrected chi connectivity index (χ2v) is 5.08. The van der Waals surface area contributed by atoms with E-state index in [9.17, 15) is 4.79 Å². The molecular weight excluding hydrogens is 260 g/mol. The second kappa shape index (κ2) is 6.60. The molecule has 19 heavy (non-hydrogen) atoms. The van der Waals surface area contributed by atoms with E-state index in [-0.39, 0.29) is 11.8 Å². The molecule has 0 radical (unpaired) electrons. The van der Waals surface area contributed by atoms with Gasteiger partial charge in [-0.3, -0.25) is 4.79 Å². The molecule has 0 heterocycles. The Bertz CT molecular complexity index is 525. The third-order valence-electron chi connectivity index (χ3n) is 3.28. The van der Waals surface area contributed by atoms with Crippen LogP contribution < -0.4 is 11.1 Å². The van der Waals surface area contributed by atoms with Crippen molar-refractivity contribution in [2.75, 3.05) is 11.9 Å². The van der Waals surface area contributed by atoms with Crippen LogP contribution in [-0.2, 0) is 4.79 Å². The van der Waals surface area contributed by atoms with Gasteiger partial charge in [0.05, 0.1) is 17.3 Å². The molecule has 3 nitrogen and oxygen atoms in total. The Morgan fingerprint density at radius 1 is 1.42 bits per heavy atom. The molecule has 1 aromatic carbocycles. The summed E-state index contributed by atoms with van der Waals surface area (Å²) in [6, 6.07) is 5.35. The predicted octanol–water partition coefficient (Wildman–Crippen LogP) is 2.78. The van der Waals surface area contributed by atoms with Gasteiger partial charge in [0.15, 0.2) is 0 Å². The number of carbonyl (C=O) groups excluding carboxylic acids is 1. The van der Waals surface area contributed by atoms with Crippen LogP contribution in [0.1, 0.15) is 31.2 Å². The van der Waals surface area contributed by atoms with Gasteiger partial charge in [-0.2, -0.15) is 0 Å². The van der Waals surface area contributed by atoms with E-state index in [1.807, 2.05) is 6.07 Å². The van der Waals surface area contributed by atoms with E-state index >= 15 is 0 Å². The van der Waals surface area contributed by atoms with Crippen LogP contribution in [0, 0.1) is 17.8 Å². The monoisotopic (exact) mass is 276 g/mol. The molecule has 0 atom stereocenters. The van der Waals surface area contributed by atoms with Gasteiger partial charge in [0.1, 0.15) is 0 Å². The highest BCUT2D eigenvalue weighted by Crippen LogP contribution is 2.28. The molecule has 0 aliphatic heterocycles. The maximum atomic E-state index is 12.1. The van der Waals surface area contributed by atoms with Gasteiger partial charge in [0.25, 0.3) is 0 Å². The Morgan fingerprint density at radius 2 is 2.16 bits per heavy atom. The number of anilines is 1. The van der Waals surface area contributed by atoms with Crippen LogP contribution in [0.5, 0.6) is 0 Å². The summed E-state index contributed by atoms with van der Waals surface area (Å²) in [7, 11) is 0. The van der Waals surface area contributed by atoms with E-state index in [1.54, 1.807) is 12.1 Å². The standard InChI is InChI=1S/C15H17ClN2O/c16-13-8-7-11(4-3-9-17)10-14(13)18-15(19)12-5-1-2-6-12/h7-8,10,12H,1-2,5-6,9,17H2,(H,18,19). The van der Waals surface area contributed by atoms with Crippen molar-refractivity contribution in [2.45, 2.75) is 25.7 Å². The molecule has 4 heteroatoms. The van der Waals surface area contributed by atoms with E-state index in [2.05, 4.69) is 17.2 Å². The summed E-state index contributed by atoms with van der Waals surface area (Å²) < 4.78 is 0. The Morgan fingerprint density at radius 3 is 2.84 bits per heavy atom. The summed E-state index contributed by atoms with van der Waals surface area (Å²) in [6.45, 7) is 0.312. The Labute approximate surface area is 118 Å². The fourth-order valence-electron chi connectivity index (χ4n) is 2.27. The molecule has 1 aliphatic rings. The molecule has 1 saturated carbocycles. The first-order valence-electron chi connectivity index (χ1n) is 6.50. The van der Waals surface area contributed by atoms with Crippen LogP contribution in [0.3, 0.4) is 0 Å². The Balaban J connectivity index is 2.12. The molecule has 0 unspecified atom stereocenters. The number of hydrogen-bond donors (Lipinski definition) is 2. The molecule has 0 aromatic heterocycles. The number of hydrogen-bond acceptors (Lipinski definition) is 2. The first-order chi connectivity index (χ1) is 9.20. The van der Waals surface area contributed by atoms with Crippen LogP contribution in [0.15, 0.2) is 18.2 Å². The number of halogens is 1. The average Bonchev–Trinajstić information content (AvgIpc) is 2.93. The molecule has 1 amide bonds. The van der Waals surface area contributed by atoms with Crippen molar-refractivity contribution < 1.29 is 4.79 Å². The molecule has 0 saturated heterocycles. The lowest BCUT2D eigenvalue weighted by atomic mass is 10.1. The van der Waals surface area contributed by atoms with Crippen molar-refractivity contribution in [1.82, 2.24) is 0 Å². The number of nitrogens with one attached hydrogen (secondary N) is 1. The van der Waals surface area contributed by atoms with Crippen molar-refractivity contribution in [3.05, 3.63) is 28.8 Å². The summed E-state index contributed by atoms with van der Waals surface area (Å²) >= 11 is 6.09. The van der Waals surface area contributed by atoms with Crippen LogP contribution in [-0.4, -0.2) is 12.5 Å². The molecule has 3 N–H and O–H groups in total. The van der Waals surface area contributed by atoms with Gasteiger partial charge in [-0.1, -0.05) is 36.3 Å². The van der Waals surface area contributed by atoms with Crippen molar-refractivity contribution in [2.24, 2.45) is 11.7 Å². The first-order valence-corrected chi connectivity index (χ1v) is 6.88. The van der Waals surface area contributed by atoms with E-state index < -0.39 is 0 Å². The topological polar surface area (TPSA) is 55.1 Å². The van der Waals surface area contributed by atoms with Gasteiger partial charge < -0.3 is 11.1 Å². The zero-order valence-electron chi connectivity index (χ0n) is 10.7. The second-order valence-electron chi connectivity index (χ2n) is 4.67. The van der Waals surface area contributed by atoms with E-state index in [0.717, 1.165) is 31.2 Å². The Hall–Kier alpha value is -1.50. The number of amides is 1.